The van der Waals surface area contributed by atoms with Gasteiger partial charge in [0, 0.05) is 45.2 Å². The van der Waals surface area contributed by atoms with E-state index < -0.39 is 6.10 Å². The summed E-state index contributed by atoms with van der Waals surface area (Å²) in [6.45, 7) is 5.19. The number of β-amino-alcohol motifs (C(OH)–C–C–N with tert-alkyl or cyclic N) is 1. The first-order valence-corrected chi connectivity index (χ1v) is 7.44. The highest BCUT2D eigenvalue weighted by atomic mass is 32.1. The fraction of sp³-hybridized carbons (Fsp3) is 0.467. The number of piperazine rings is 1. The summed E-state index contributed by atoms with van der Waals surface area (Å²) in [4.78, 5) is 15.6. The minimum Gasteiger partial charge on any atom is -0.389 e. The second-order valence-electron chi connectivity index (χ2n) is 5.31. The minimum absolute atomic E-state index is 0.114. The van der Waals surface area contributed by atoms with Gasteiger partial charge in [-0.1, -0.05) is 36.5 Å². The van der Waals surface area contributed by atoms with Crippen molar-refractivity contribution in [2.45, 2.75) is 13.0 Å². The van der Waals surface area contributed by atoms with Crippen molar-refractivity contribution in [1.29, 1.82) is 0 Å². The summed E-state index contributed by atoms with van der Waals surface area (Å²) < 4.78 is 0. The molecule has 2 rings (SSSR count). The number of carbonyl (C=O) groups is 1. The molecule has 1 aromatic carbocycles. The lowest BCUT2D eigenvalue weighted by Crippen LogP contribution is -2.48. The van der Waals surface area contributed by atoms with Gasteiger partial charge >= 0.3 is 0 Å². The molecule has 1 aliphatic heterocycles. The highest BCUT2D eigenvalue weighted by Gasteiger charge is 2.21. The number of rotatable bonds is 4. The molecule has 0 aliphatic carbocycles. The van der Waals surface area contributed by atoms with E-state index in [1.165, 1.54) is 0 Å². The van der Waals surface area contributed by atoms with Crippen LogP contribution in [0.4, 0.5) is 0 Å². The second kappa shape index (κ2) is 6.98. The maximum absolute atomic E-state index is 11.3. The van der Waals surface area contributed by atoms with Crippen molar-refractivity contribution in [2.24, 2.45) is 5.73 Å². The van der Waals surface area contributed by atoms with Crippen LogP contribution in [0.15, 0.2) is 24.3 Å². The quantitative estimate of drug-likeness (QED) is 0.794. The smallest absolute Gasteiger partial charge is 0.219 e. The molecule has 114 valence electrons. The molecule has 5 nitrogen and oxygen atoms in total. The first-order chi connectivity index (χ1) is 9.97. The Morgan fingerprint density at radius 2 is 1.86 bits per heavy atom. The molecule has 0 saturated carbocycles. The fourth-order valence-corrected chi connectivity index (χ4v) is 2.60. The van der Waals surface area contributed by atoms with E-state index in [1.807, 2.05) is 29.2 Å². The van der Waals surface area contributed by atoms with Crippen LogP contribution in [0.25, 0.3) is 0 Å². The molecule has 0 aromatic heterocycles. The van der Waals surface area contributed by atoms with Crippen molar-refractivity contribution in [3.05, 3.63) is 35.4 Å². The Hall–Kier alpha value is -1.50. The molecule has 0 radical (unpaired) electrons. The number of aliphatic hydroxyl groups is 1. The third-order valence-electron chi connectivity index (χ3n) is 3.83. The van der Waals surface area contributed by atoms with Crippen molar-refractivity contribution in [1.82, 2.24) is 9.80 Å². The molecule has 0 bridgehead atoms. The molecule has 1 atom stereocenters. The lowest BCUT2D eigenvalue weighted by atomic mass is 10.1. The van der Waals surface area contributed by atoms with Crippen molar-refractivity contribution in [2.75, 3.05) is 32.7 Å². The number of aliphatic hydroxyl groups excluding tert-OH is 1. The maximum Gasteiger partial charge on any atom is 0.219 e. The number of hydrogen-bond acceptors (Lipinski definition) is 4. The first kappa shape index (κ1) is 15.9. The Kier molecular flexibility index (Phi) is 5.27. The van der Waals surface area contributed by atoms with Crippen molar-refractivity contribution < 1.29 is 9.90 Å². The zero-order valence-corrected chi connectivity index (χ0v) is 13.0. The summed E-state index contributed by atoms with van der Waals surface area (Å²) >= 11 is 4.91. The van der Waals surface area contributed by atoms with Gasteiger partial charge in [0.1, 0.15) is 4.99 Å². The molecule has 1 saturated heterocycles. The number of nitrogens with zero attached hydrogens (tertiary/aromatic N) is 2. The molecular weight excluding hydrogens is 286 g/mol. The Bertz CT molecular complexity index is 510. The van der Waals surface area contributed by atoms with Gasteiger partial charge in [-0.25, -0.2) is 0 Å². The molecule has 21 heavy (non-hydrogen) atoms. The molecule has 1 unspecified atom stereocenters. The molecule has 1 heterocycles. The van der Waals surface area contributed by atoms with E-state index >= 15 is 0 Å². The number of benzene rings is 1. The predicted molar refractivity (Wildman–Crippen MR) is 86.0 cm³/mol. The fourth-order valence-electron chi connectivity index (χ4n) is 2.46. The van der Waals surface area contributed by atoms with Crippen LogP contribution in [-0.4, -0.2) is 58.5 Å². The van der Waals surface area contributed by atoms with Gasteiger partial charge in [-0.05, 0) is 5.56 Å². The van der Waals surface area contributed by atoms with Crippen LogP contribution in [0.5, 0.6) is 0 Å². The molecule has 1 amide bonds. The molecular formula is C15H21N3O2S. The predicted octanol–water partition coefficient (Wildman–Crippen LogP) is 0.518. The Morgan fingerprint density at radius 1 is 1.29 bits per heavy atom. The lowest BCUT2D eigenvalue weighted by Gasteiger charge is -2.35. The van der Waals surface area contributed by atoms with E-state index in [4.69, 9.17) is 18.0 Å². The van der Waals surface area contributed by atoms with E-state index in [2.05, 4.69) is 4.90 Å². The molecule has 1 fully saturated rings. The second-order valence-corrected chi connectivity index (χ2v) is 5.75. The number of amides is 1. The largest absolute Gasteiger partial charge is 0.389 e. The van der Waals surface area contributed by atoms with E-state index in [0.717, 1.165) is 37.3 Å². The maximum atomic E-state index is 11.3. The monoisotopic (exact) mass is 307 g/mol. The molecule has 0 spiro atoms. The first-order valence-electron chi connectivity index (χ1n) is 7.03. The van der Waals surface area contributed by atoms with Crippen molar-refractivity contribution >= 4 is 23.1 Å². The number of nitrogens with two attached hydrogens (primary N) is 1. The van der Waals surface area contributed by atoms with Crippen LogP contribution >= 0.6 is 12.2 Å². The van der Waals surface area contributed by atoms with Crippen LogP contribution in [0, 0.1) is 0 Å². The van der Waals surface area contributed by atoms with Crippen LogP contribution in [0.3, 0.4) is 0 Å². The van der Waals surface area contributed by atoms with Crippen molar-refractivity contribution in [3.63, 3.8) is 0 Å². The van der Waals surface area contributed by atoms with Gasteiger partial charge in [0.05, 0.1) is 6.10 Å². The zero-order valence-electron chi connectivity index (χ0n) is 12.2. The third-order valence-corrected chi connectivity index (χ3v) is 4.06. The summed E-state index contributed by atoms with van der Waals surface area (Å²) in [5.41, 5.74) is 7.21. The minimum atomic E-state index is -0.547. The van der Waals surface area contributed by atoms with Crippen LogP contribution in [-0.2, 0) is 4.79 Å². The van der Waals surface area contributed by atoms with E-state index in [0.29, 0.717) is 11.5 Å². The topological polar surface area (TPSA) is 69.8 Å². The number of carbonyl (C=O) groups excluding carboxylic acids is 1. The summed E-state index contributed by atoms with van der Waals surface area (Å²) in [6, 6.07) is 7.36. The zero-order chi connectivity index (χ0) is 15.4. The normalized spacial score (nSPS) is 17.5. The third kappa shape index (κ3) is 4.23. The van der Waals surface area contributed by atoms with Gasteiger partial charge < -0.3 is 15.7 Å². The standard InChI is InChI=1S/C15H21N3O2S/c1-11(19)18-8-6-17(7-9-18)10-14(20)12-2-4-13(5-3-12)15(16)21/h2-5,14,20H,6-10H2,1H3,(H2,16,21). The van der Waals surface area contributed by atoms with Gasteiger partial charge in [-0.15, -0.1) is 0 Å². The average Bonchev–Trinajstić information content (AvgIpc) is 2.47. The summed E-state index contributed by atoms with van der Waals surface area (Å²) in [6.07, 6.45) is -0.547. The van der Waals surface area contributed by atoms with Crippen LogP contribution in [0.2, 0.25) is 0 Å². The summed E-state index contributed by atoms with van der Waals surface area (Å²) in [5.74, 6) is 0.114. The molecule has 1 aromatic rings. The van der Waals surface area contributed by atoms with E-state index in [1.54, 1.807) is 6.92 Å². The van der Waals surface area contributed by atoms with Gasteiger partial charge in [0.25, 0.3) is 0 Å². The molecule has 1 aliphatic rings. The highest BCUT2D eigenvalue weighted by Crippen LogP contribution is 2.16. The Labute approximate surface area is 130 Å². The van der Waals surface area contributed by atoms with Crippen LogP contribution < -0.4 is 5.73 Å². The van der Waals surface area contributed by atoms with Crippen LogP contribution in [0.1, 0.15) is 24.2 Å². The lowest BCUT2D eigenvalue weighted by molar-refractivity contribution is -0.130. The van der Waals surface area contributed by atoms with Gasteiger partial charge in [0.15, 0.2) is 0 Å². The highest BCUT2D eigenvalue weighted by molar-refractivity contribution is 7.80. The average molecular weight is 307 g/mol. The van der Waals surface area contributed by atoms with E-state index in [9.17, 15) is 9.90 Å². The molecule has 3 N–H and O–H groups in total. The Balaban J connectivity index is 1.88. The SMILES string of the molecule is CC(=O)N1CCN(CC(O)c2ccc(C(N)=S)cc2)CC1. The van der Waals surface area contributed by atoms with Gasteiger partial charge in [-0.3, -0.25) is 9.69 Å². The Morgan fingerprint density at radius 3 is 2.33 bits per heavy atom. The van der Waals surface area contributed by atoms with Gasteiger partial charge in [-0.2, -0.15) is 0 Å². The molecule has 6 heteroatoms. The number of thiocarbonyl (C=S) groups is 1. The number of hydrogen-bond donors (Lipinski definition) is 2. The van der Waals surface area contributed by atoms with E-state index in [-0.39, 0.29) is 5.91 Å². The van der Waals surface area contributed by atoms with Crippen molar-refractivity contribution in [3.8, 4) is 0 Å². The van der Waals surface area contributed by atoms with Gasteiger partial charge in [0.2, 0.25) is 5.91 Å². The summed E-state index contributed by atoms with van der Waals surface area (Å²) in [5, 5.41) is 10.3. The summed E-state index contributed by atoms with van der Waals surface area (Å²) in [7, 11) is 0.